The average Bonchev–Trinajstić information content (AvgIpc) is 2.06. The molecule has 0 radical (unpaired) electrons. The number of hydrogen-bond donors (Lipinski definition) is 0. The van der Waals surface area contributed by atoms with E-state index in [0.717, 1.165) is 0 Å². The van der Waals surface area contributed by atoms with Crippen LogP contribution in [-0.2, 0) is 9.84 Å². The van der Waals surface area contributed by atoms with E-state index in [1.807, 2.05) is 0 Å². The lowest BCUT2D eigenvalue weighted by Crippen LogP contribution is -2.02. The van der Waals surface area contributed by atoms with E-state index in [1.54, 1.807) is 18.2 Å². The molecule has 1 aromatic carbocycles. The molecule has 0 amide bonds. The fraction of sp³-hybridized carbons (Fsp3) is 0.125. The van der Waals surface area contributed by atoms with Gasteiger partial charge in [-0.2, -0.15) is 0 Å². The number of hydrogen-bond acceptors (Lipinski definition) is 2. The summed E-state index contributed by atoms with van der Waals surface area (Å²) in [6.45, 7) is 6.45. The third kappa shape index (κ3) is 1.83. The minimum absolute atomic E-state index is 0.209. The van der Waals surface area contributed by atoms with Crippen LogP contribution in [0.15, 0.2) is 35.2 Å². The highest BCUT2D eigenvalue weighted by Crippen LogP contribution is 2.09. The SMILES string of the molecule is [C-]#[N+]CS(=O)(=O)c1ccccc1. The van der Waals surface area contributed by atoms with Crippen LogP contribution in [0.2, 0.25) is 0 Å². The van der Waals surface area contributed by atoms with Crippen LogP contribution in [-0.4, -0.2) is 14.3 Å². The standard InChI is InChI=1S/C8H7NO2S/c1-9-7-12(10,11)8-5-3-2-4-6-8/h2-6H,7H2. The van der Waals surface area contributed by atoms with Gasteiger partial charge in [0.25, 0.3) is 9.84 Å². The molecule has 0 N–H and O–H groups in total. The Bertz CT molecular complexity index is 389. The predicted octanol–water partition coefficient (Wildman–Crippen LogP) is 1.34. The van der Waals surface area contributed by atoms with Crippen molar-refractivity contribution in [3.8, 4) is 0 Å². The van der Waals surface area contributed by atoms with Crippen molar-refractivity contribution in [3.05, 3.63) is 41.7 Å². The van der Waals surface area contributed by atoms with Crippen molar-refractivity contribution in [1.82, 2.24) is 0 Å². The summed E-state index contributed by atoms with van der Waals surface area (Å²) < 4.78 is 22.4. The summed E-state index contributed by atoms with van der Waals surface area (Å²) in [4.78, 5) is 3.06. The highest BCUT2D eigenvalue weighted by atomic mass is 32.2. The van der Waals surface area contributed by atoms with Gasteiger partial charge in [0.1, 0.15) is 0 Å². The lowest BCUT2D eigenvalue weighted by atomic mass is 10.4. The van der Waals surface area contributed by atoms with E-state index < -0.39 is 15.7 Å². The third-order valence-corrected chi connectivity index (χ3v) is 2.80. The van der Waals surface area contributed by atoms with Crippen LogP contribution >= 0.6 is 0 Å². The zero-order valence-corrected chi connectivity index (χ0v) is 7.08. The highest BCUT2D eigenvalue weighted by Gasteiger charge is 2.15. The molecule has 0 bridgehead atoms. The van der Waals surface area contributed by atoms with Gasteiger partial charge in [0.2, 0.25) is 0 Å². The number of nitrogens with zero attached hydrogens (tertiary/aromatic N) is 1. The molecule has 0 aliphatic carbocycles. The monoisotopic (exact) mass is 181 g/mol. The summed E-state index contributed by atoms with van der Waals surface area (Å²) in [6, 6.07) is 7.98. The van der Waals surface area contributed by atoms with E-state index in [1.165, 1.54) is 12.1 Å². The van der Waals surface area contributed by atoms with Gasteiger partial charge in [-0.05, 0) is 12.1 Å². The summed E-state index contributed by atoms with van der Waals surface area (Å²) in [5.74, 6) is -0.475. The van der Waals surface area contributed by atoms with Gasteiger partial charge in [0.15, 0.2) is 0 Å². The zero-order chi connectivity index (χ0) is 9.03. The van der Waals surface area contributed by atoms with Crippen molar-refractivity contribution in [2.24, 2.45) is 0 Å². The third-order valence-electron chi connectivity index (χ3n) is 1.34. The van der Waals surface area contributed by atoms with Crippen LogP contribution in [0, 0.1) is 6.57 Å². The molecule has 0 spiro atoms. The van der Waals surface area contributed by atoms with E-state index >= 15 is 0 Å². The summed E-state index contributed by atoms with van der Waals surface area (Å²) in [5, 5.41) is 0. The molecular formula is C8H7NO2S. The maximum absolute atomic E-state index is 11.2. The van der Waals surface area contributed by atoms with E-state index in [0.29, 0.717) is 0 Å². The van der Waals surface area contributed by atoms with Crippen molar-refractivity contribution in [1.29, 1.82) is 0 Å². The van der Waals surface area contributed by atoms with Gasteiger partial charge in [-0.1, -0.05) is 18.2 Å². The van der Waals surface area contributed by atoms with E-state index in [4.69, 9.17) is 6.57 Å². The lowest BCUT2D eigenvalue weighted by Gasteiger charge is -1.94. The molecule has 0 saturated heterocycles. The number of sulfone groups is 1. The van der Waals surface area contributed by atoms with Crippen molar-refractivity contribution in [3.63, 3.8) is 0 Å². The van der Waals surface area contributed by atoms with Gasteiger partial charge in [-0.3, -0.25) is 4.85 Å². The largest absolute Gasteiger partial charge is 0.316 e. The van der Waals surface area contributed by atoms with Crippen LogP contribution < -0.4 is 0 Å². The Balaban J connectivity index is 3.09. The number of benzene rings is 1. The molecule has 0 aromatic heterocycles. The minimum Gasteiger partial charge on any atom is -0.299 e. The quantitative estimate of drug-likeness (QED) is 0.646. The maximum atomic E-state index is 11.2. The van der Waals surface area contributed by atoms with E-state index in [9.17, 15) is 8.42 Å². The topological polar surface area (TPSA) is 38.5 Å². The molecule has 0 unspecified atom stereocenters. The molecule has 0 aliphatic rings. The second kappa shape index (κ2) is 3.37. The molecule has 0 aliphatic heterocycles. The lowest BCUT2D eigenvalue weighted by molar-refractivity contribution is 0.599. The smallest absolute Gasteiger partial charge is 0.299 e. The van der Waals surface area contributed by atoms with Crippen molar-refractivity contribution < 1.29 is 8.42 Å². The van der Waals surface area contributed by atoms with E-state index in [-0.39, 0.29) is 4.90 Å². The molecular weight excluding hydrogens is 174 g/mol. The average molecular weight is 181 g/mol. The first-order valence-corrected chi connectivity index (χ1v) is 4.93. The molecule has 12 heavy (non-hydrogen) atoms. The van der Waals surface area contributed by atoms with Gasteiger partial charge in [-0.15, -0.1) is 0 Å². The first-order valence-electron chi connectivity index (χ1n) is 3.28. The Hall–Kier alpha value is -1.34. The Kier molecular flexibility index (Phi) is 2.46. The van der Waals surface area contributed by atoms with Gasteiger partial charge in [-0.25, -0.2) is 15.0 Å². The van der Waals surface area contributed by atoms with Crippen molar-refractivity contribution >= 4 is 9.84 Å². The molecule has 0 saturated carbocycles. The van der Waals surface area contributed by atoms with Gasteiger partial charge in [0.05, 0.1) is 4.90 Å². The zero-order valence-electron chi connectivity index (χ0n) is 6.27. The summed E-state index contributed by atoms with van der Waals surface area (Å²) in [5.41, 5.74) is 0. The van der Waals surface area contributed by atoms with Gasteiger partial charge < -0.3 is 0 Å². The van der Waals surface area contributed by atoms with Crippen LogP contribution in [0.5, 0.6) is 0 Å². The fourth-order valence-corrected chi connectivity index (χ4v) is 1.68. The minimum atomic E-state index is -3.36. The first kappa shape index (κ1) is 8.75. The van der Waals surface area contributed by atoms with Gasteiger partial charge >= 0.3 is 5.88 Å². The first-order chi connectivity index (χ1) is 5.67. The Morgan fingerprint density at radius 3 is 2.33 bits per heavy atom. The molecule has 3 nitrogen and oxygen atoms in total. The van der Waals surface area contributed by atoms with Crippen LogP contribution in [0.1, 0.15) is 0 Å². The molecule has 0 atom stereocenters. The van der Waals surface area contributed by atoms with Gasteiger partial charge in [0, 0.05) is 0 Å². The summed E-state index contributed by atoms with van der Waals surface area (Å²) >= 11 is 0. The Morgan fingerprint density at radius 1 is 1.25 bits per heavy atom. The summed E-state index contributed by atoms with van der Waals surface area (Å²) in [7, 11) is -3.36. The molecule has 1 aromatic rings. The predicted molar refractivity (Wildman–Crippen MR) is 45.1 cm³/mol. The van der Waals surface area contributed by atoms with E-state index in [2.05, 4.69) is 4.85 Å². The molecule has 0 fully saturated rings. The molecule has 0 heterocycles. The van der Waals surface area contributed by atoms with Crippen LogP contribution in [0.3, 0.4) is 0 Å². The fourth-order valence-electron chi connectivity index (χ4n) is 0.787. The normalized spacial score (nSPS) is 10.6. The second-order valence-electron chi connectivity index (χ2n) is 2.22. The highest BCUT2D eigenvalue weighted by molar-refractivity contribution is 7.91. The maximum Gasteiger partial charge on any atom is 0.316 e. The Morgan fingerprint density at radius 2 is 1.83 bits per heavy atom. The molecule has 4 heteroatoms. The van der Waals surface area contributed by atoms with Crippen LogP contribution in [0.25, 0.3) is 4.85 Å². The molecule has 62 valence electrons. The number of rotatable bonds is 2. The Labute approximate surface area is 71.4 Å². The van der Waals surface area contributed by atoms with Crippen molar-refractivity contribution in [2.45, 2.75) is 4.90 Å². The van der Waals surface area contributed by atoms with Crippen LogP contribution in [0.4, 0.5) is 0 Å². The molecule has 1 rings (SSSR count). The second-order valence-corrected chi connectivity index (χ2v) is 4.17. The van der Waals surface area contributed by atoms with Crippen molar-refractivity contribution in [2.75, 3.05) is 5.88 Å². The summed E-state index contributed by atoms with van der Waals surface area (Å²) in [6.07, 6.45) is 0.